The summed E-state index contributed by atoms with van der Waals surface area (Å²) in [6.45, 7) is 2.78. The van der Waals surface area contributed by atoms with Gasteiger partial charge in [-0.05, 0) is 31.9 Å². The third-order valence-electron chi connectivity index (χ3n) is 4.07. The summed E-state index contributed by atoms with van der Waals surface area (Å²) in [5.74, 6) is 0.0694. The summed E-state index contributed by atoms with van der Waals surface area (Å²) in [5.41, 5.74) is 6.74. The maximum Gasteiger partial charge on any atom is 0.266 e. The van der Waals surface area contributed by atoms with Crippen molar-refractivity contribution in [3.05, 3.63) is 23.2 Å². The quantitative estimate of drug-likeness (QED) is 0.943. The molecule has 1 amide bonds. The number of thiophene rings is 1. The highest BCUT2D eigenvalue weighted by Crippen LogP contribution is 2.34. The Bertz CT molecular complexity index is 631. The smallest absolute Gasteiger partial charge is 0.266 e. The van der Waals surface area contributed by atoms with E-state index in [1.165, 1.54) is 24.2 Å². The van der Waals surface area contributed by atoms with Gasteiger partial charge in [0.2, 0.25) is 0 Å². The number of hydrogen-bond acceptors (Lipinski definition) is 4. The SMILES string of the molecule is CCN(C(=O)c1sc2ncccc2c1N)C1CCCC1. The molecule has 2 aromatic rings. The second kappa shape index (κ2) is 5.40. The van der Waals surface area contributed by atoms with Crippen LogP contribution in [0.25, 0.3) is 10.2 Å². The summed E-state index contributed by atoms with van der Waals surface area (Å²) < 4.78 is 0. The number of nitrogens with two attached hydrogens (primary N) is 1. The molecule has 0 aromatic carbocycles. The summed E-state index contributed by atoms with van der Waals surface area (Å²) in [6.07, 6.45) is 6.40. The molecule has 4 nitrogen and oxygen atoms in total. The summed E-state index contributed by atoms with van der Waals surface area (Å²) in [7, 11) is 0. The molecule has 20 heavy (non-hydrogen) atoms. The second-order valence-corrected chi connectivity index (χ2v) is 6.23. The van der Waals surface area contributed by atoms with Crippen molar-refractivity contribution in [3.63, 3.8) is 0 Å². The van der Waals surface area contributed by atoms with E-state index in [0.29, 0.717) is 16.6 Å². The number of carbonyl (C=O) groups is 1. The van der Waals surface area contributed by atoms with Gasteiger partial charge < -0.3 is 10.6 Å². The van der Waals surface area contributed by atoms with Crippen LogP contribution in [0.4, 0.5) is 5.69 Å². The number of carbonyl (C=O) groups excluding carboxylic acids is 1. The standard InChI is InChI=1S/C15H19N3OS/c1-2-18(10-6-3-4-7-10)15(19)13-12(16)11-8-5-9-17-14(11)20-13/h5,8-10H,2-4,6-7,16H2,1H3. The molecule has 0 atom stereocenters. The maximum absolute atomic E-state index is 12.8. The number of amides is 1. The molecule has 2 N–H and O–H groups in total. The molecule has 106 valence electrons. The van der Waals surface area contributed by atoms with Crippen LogP contribution >= 0.6 is 11.3 Å². The number of rotatable bonds is 3. The zero-order valence-corrected chi connectivity index (χ0v) is 12.4. The van der Waals surface area contributed by atoms with Gasteiger partial charge >= 0.3 is 0 Å². The lowest BCUT2D eigenvalue weighted by molar-refractivity contribution is 0.0699. The minimum absolute atomic E-state index is 0.0694. The normalized spacial score (nSPS) is 15.8. The van der Waals surface area contributed by atoms with E-state index >= 15 is 0 Å². The van der Waals surface area contributed by atoms with Gasteiger partial charge in [-0.2, -0.15) is 0 Å². The first-order valence-electron chi connectivity index (χ1n) is 7.16. The van der Waals surface area contributed by atoms with E-state index in [1.807, 2.05) is 24.0 Å². The summed E-state index contributed by atoms with van der Waals surface area (Å²) in [5, 5.41) is 0.892. The van der Waals surface area contributed by atoms with Crippen LogP contribution in [0.15, 0.2) is 18.3 Å². The topological polar surface area (TPSA) is 59.2 Å². The Morgan fingerprint density at radius 2 is 2.25 bits per heavy atom. The number of hydrogen-bond donors (Lipinski definition) is 1. The fourth-order valence-electron chi connectivity index (χ4n) is 3.02. The molecule has 1 saturated carbocycles. The van der Waals surface area contributed by atoms with Gasteiger partial charge in [0.05, 0.1) is 5.69 Å². The Labute approximate surface area is 122 Å². The highest BCUT2D eigenvalue weighted by atomic mass is 32.1. The summed E-state index contributed by atoms with van der Waals surface area (Å²) in [6, 6.07) is 4.16. The first kappa shape index (κ1) is 13.4. The van der Waals surface area contributed by atoms with E-state index in [-0.39, 0.29) is 5.91 Å². The fourth-order valence-corrected chi connectivity index (χ4v) is 4.04. The second-order valence-electron chi connectivity index (χ2n) is 5.23. The number of aromatic nitrogens is 1. The fraction of sp³-hybridized carbons (Fsp3) is 0.467. The van der Waals surface area contributed by atoms with Crippen molar-refractivity contribution in [2.24, 2.45) is 0 Å². The molecule has 0 spiro atoms. The Kier molecular flexibility index (Phi) is 3.61. The van der Waals surface area contributed by atoms with Crippen molar-refractivity contribution >= 4 is 33.1 Å². The van der Waals surface area contributed by atoms with Gasteiger partial charge in [-0.3, -0.25) is 4.79 Å². The van der Waals surface area contributed by atoms with E-state index in [1.54, 1.807) is 6.20 Å². The van der Waals surface area contributed by atoms with Crippen LogP contribution in [0.5, 0.6) is 0 Å². The van der Waals surface area contributed by atoms with Crippen LogP contribution < -0.4 is 5.73 Å². The minimum atomic E-state index is 0.0694. The molecule has 1 aliphatic carbocycles. The molecule has 2 aromatic heterocycles. The molecule has 0 unspecified atom stereocenters. The van der Waals surface area contributed by atoms with E-state index in [4.69, 9.17) is 5.73 Å². The molecule has 1 aliphatic rings. The Morgan fingerprint density at radius 1 is 1.50 bits per heavy atom. The van der Waals surface area contributed by atoms with Gasteiger partial charge in [0.25, 0.3) is 5.91 Å². The van der Waals surface area contributed by atoms with Crippen molar-refractivity contribution in [1.29, 1.82) is 0 Å². The van der Waals surface area contributed by atoms with E-state index in [9.17, 15) is 4.79 Å². The predicted octanol–water partition coefficient (Wildman–Crippen LogP) is 3.28. The van der Waals surface area contributed by atoms with Gasteiger partial charge in [0.15, 0.2) is 0 Å². The average molecular weight is 289 g/mol. The Morgan fingerprint density at radius 3 is 2.90 bits per heavy atom. The predicted molar refractivity (Wildman–Crippen MR) is 83.0 cm³/mol. The number of anilines is 1. The largest absolute Gasteiger partial charge is 0.397 e. The van der Waals surface area contributed by atoms with Gasteiger partial charge in [-0.1, -0.05) is 12.8 Å². The van der Waals surface area contributed by atoms with Gasteiger partial charge in [-0.15, -0.1) is 11.3 Å². The minimum Gasteiger partial charge on any atom is -0.397 e. The lowest BCUT2D eigenvalue weighted by Gasteiger charge is -2.27. The van der Waals surface area contributed by atoms with Crippen LogP contribution in [-0.2, 0) is 0 Å². The Hall–Kier alpha value is -1.62. The third kappa shape index (κ3) is 2.16. The lowest BCUT2D eigenvalue weighted by Crippen LogP contribution is -2.38. The first-order chi connectivity index (χ1) is 9.72. The monoisotopic (exact) mass is 289 g/mol. The molecule has 2 heterocycles. The summed E-state index contributed by atoms with van der Waals surface area (Å²) >= 11 is 1.41. The van der Waals surface area contributed by atoms with Crippen molar-refractivity contribution < 1.29 is 4.79 Å². The molecule has 1 fully saturated rings. The molecule has 0 bridgehead atoms. The van der Waals surface area contributed by atoms with Crippen molar-refractivity contribution in [3.8, 4) is 0 Å². The van der Waals surface area contributed by atoms with Crippen LogP contribution in [0.2, 0.25) is 0 Å². The average Bonchev–Trinajstić information content (AvgIpc) is 3.09. The molecular formula is C15H19N3OS. The van der Waals surface area contributed by atoms with Gasteiger partial charge in [-0.25, -0.2) is 4.98 Å². The highest BCUT2D eigenvalue weighted by molar-refractivity contribution is 7.21. The van der Waals surface area contributed by atoms with Crippen LogP contribution in [0.3, 0.4) is 0 Å². The molecule has 5 heteroatoms. The number of nitrogens with zero attached hydrogens (tertiary/aromatic N) is 2. The van der Waals surface area contributed by atoms with Gasteiger partial charge in [0, 0.05) is 24.2 Å². The zero-order valence-electron chi connectivity index (χ0n) is 11.6. The van der Waals surface area contributed by atoms with E-state index < -0.39 is 0 Å². The Balaban J connectivity index is 1.96. The molecule has 0 aliphatic heterocycles. The highest BCUT2D eigenvalue weighted by Gasteiger charge is 2.28. The number of fused-ring (bicyclic) bond motifs is 1. The lowest BCUT2D eigenvalue weighted by atomic mass is 10.2. The zero-order chi connectivity index (χ0) is 14.1. The molecular weight excluding hydrogens is 270 g/mol. The first-order valence-corrected chi connectivity index (χ1v) is 7.98. The van der Waals surface area contributed by atoms with Crippen LogP contribution in [0.1, 0.15) is 42.3 Å². The van der Waals surface area contributed by atoms with Crippen molar-refractivity contribution in [1.82, 2.24) is 9.88 Å². The third-order valence-corrected chi connectivity index (χ3v) is 5.18. The van der Waals surface area contributed by atoms with E-state index in [0.717, 1.165) is 29.6 Å². The number of pyridine rings is 1. The van der Waals surface area contributed by atoms with E-state index in [2.05, 4.69) is 4.98 Å². The molecule has 3 rings (SSSR count). The van der Waals surface area contributed by atoms with Gasteiger partial charge in [0.1, 0.15) is 9.71 Å². The number of nitrogen functional groups attached to an aromatic ring is 1. The maximum atomic E-state index is 12.8. The van der Waals surface area contributed by atoms with Crippen molar-refractivity contribution in [2.45, 2.75) is 38.6 Å². The van der Waals surface area contributed by atoms with Crippen molar-refractivity contribution in [2.75, 3.05) is 12.3 Å². The van der Waals surface area contributed by atoms with Crippen LogP contribution in [-0.4, -0.2) is 28.4 Å². The summed E-state index contributed by atoms with van der Waals surface area (Å²) in [4.78, 5) is 20.5. The van der Waals surface area contributed by atoms with Crippen LogP contribution in [0, 0.1) is 0 Å². The molecule has 0 saturated heterocycles. The molecule has 0 radical (unpaired) electrons.